The first-order valence-electron chi connectivity index (χ1n) is 7.65. The Morgan fingerprint density at radius 3 is 2.13 bits per heavy atom. The van der Waals surface area contributed by atoms with Gasteiger partial charge < -0.3 is 19.5 Å². The molecule has 23 heavy (non-hydrogen) atoms. The number of hydrogen-bond acceptors (Lipinski definition) is 5. The molecule has 0 aliphatic carbocycles. The van der Waals surface area contributed by atoms with Crippen molar-refractivity contribution in [2.24, 2.45) is 5.41 Å². The van der Waals surface area contributed by atoms with Crippen LogP contribution in [0.3, 0.4) is 0 Å². The third kappa shape index (κ3) is 3.35. The molecule has 1 atom stereocenters. The summed E-state index contributed by atoms with van der Waals surface area (Å²) in [6.07, 6.45) is 0.0393. The predicted octanol–water partition coefficient (Wildman–Crippen LogP) is 1.54. The number of hydrogen-bond donors (Lipinski definition) is 1. The van der Waals surface area contributed by atoms with Crippen LogP contribution in [-0.2, 0) is 14.3 Å². The van der Waals surface area contributed by atoms with Gasteiger partial charge >= 0.3 is 18.2 Å². The molecule has 0 aromatic carbocycles. The number of aliphatic carboxylic acids is 1. The van der Waals surface area contributed by atoms with Crippen molar-refractivity contribution in [3.63, 3.8) is 0 Å². The van der Waals surface area contributed by atoms with E-state index in [1.165, 1.54) is 12.0 Å². The van der Waals surface area contributed by atoms with Gasteiger partial charge in [-0.25, -0.2) is 14.4 Å². The molecule has 0 aromatic heterocycles. The molecule has 2 aliphatic heterocycles. The average molecular weight is 328 g/mol. The first kappa shape index (κ1) is 17.4. The minimum Gasteiger partial charge on any atom is -0.480 e. The lowest BCUT2D eigenvalue weighted by molar-refractivity contribution is -0.168. The molecule has 0 saturated carbocycles. The van der Waals surface area contributed by atoms with Gasteiger partial charge in [0.05, 0.1) is 7.11 Å². The number of carbonyl (C=O) groups excluding carboxylic acids is 2. The van der Waals surface area contributed by atoms with Crippen LogP contribution in [0.4, 0.5) is 9.59 Å². The number of piperidine rings is 1. The van der Waals surface area contributed by atoms with Gasteiger partial charge in [-0.1, -0.05) is 0 Å². The number of carbonyl (C=O) groups is 3. The second kappa shape index (κ2) is 5.90. The largest absolute Gasteiger partial charge is 0.480 e. The van der Waals surface area contributed by atoms with Crippen molar-refractivity contribution in [3.05, 3.63) is 0 Å². The Hall–Kier alpha value is -1.99. The average Bonchev–Trinajstić information content (AvgIpc) is 2.41. The van der Waals surface area contributed by atoms with Crippen molar-refractivity contribution in [1.82, 2.24) is 9.80 Å². The van der Waals surface area contributed by atoms with E-state index in [4.69, 9.17) is 4.74 Å². The summed E-state index contributed by atoms with van der Waals surface area (Å²) in [6, 6.07) is -0.905. The fourth-order valence-electron chi connectivity index (χ4n) is 3.32. The molecule has 1 unspecified atom stereocenters. The highest BCUT2D eigenvalue weighted by atomic mass is 16.6. The van der Waals surface area contributed by atoms with Gasteiger partial charge in [0.2, 0.25) is 0 Å². The molecule has 0 bridgehead atoms. The molecule has 0 aromatic rings. The highest BCUT2D eigenvalue weighted by Crippen LogP contribution is 2.47. The standard InChI is InChI=1S/C15H24N2O6/c1-14(2,3)23-13(21)17-9-15(10(17)11(18)19)5-7-16(8-6-15)12(20)22-4/h10H,5-9H2,1-4H3,(H,18,19). The third-order valence-corrected chi connectivity index (χ3v) is 4.43. The first-order chi connectivity index (χ1) is 10.6. The van der Waals surface area contributed by atoms with E-state index >= 15 is 0 Å². The molecule has 2 rings (SSSR count). The smallest absolute Gasteiger partial charge is 0.411 e. The van der Waals surface area contributed by atoms with E-state index in [2.05, 4.69) is 4.74 Å². The van der Waals surface area contributed by atoms with Crippen molar-refractivity contribution in [2.75, 3.05) is 26.7 Å². The summed E-state index contributed by atoms with van der Waals surface area (Å²) in [6.45, 7) is 6.42. The molecule has 2 fully saturated rings. The van der Waals surface area contributed by atoms with Crippen LogP contribution in [0.5, 0.6) is 0 Å². The summed E-state index contributed by atoms with van der Waals surface area (Å²) in [4.78, 5) is 38.2. The van der Waals surface area contributed by atoms with Crippen molar-refractivity contribution in [1.29, 1.82) is 0 Å². The summed E-state index contributed by atoms with van der Waals surface area (Å²) < 4.78 is 9.96. The van der Waals surface area contributed by atoms with Crippen molar-refractivity contribution in [3.8, 4) is 0 Å². The fraction of sp³-hybridized carbons (Fsp3) is 0.800. The van der Waals surface area contributed by atoms with E-state index in [9.17, 15) is 19.5 Å². The fourth-order valence-corrected chi connectivity index (χ4v) is 3.32. The van der Waals surface area contributed by atoms with Crippen LogP contribution in [0.1, 0.15) is 33.6 Å². The number of ether oxygens (including phenoxy) is 2. The minimum atomic E-state index is -1.03. The zero-order chi connectivity index (χ0) is 17.4. The quantitative estimate of drug-likeness (QED) is 0.784. The second-order valence-electron chi connectivity index (χ2n) is 7.17. The minimum absolute atomic E-state index is 0.341. The highest BCUT2D eigenvalue weighted by Gasteiger charge is 2.60. The number of rotatable bonds is 1. The van der Waals surface area contributed by atoms with E-state index in [-0.39, 0.29) is 0 Å². The lowest BCUT2D eigenvalue weighted by atomic mass is 9.65. The molecule has 2 saturated heterocycles. The van der Waals surface area contributed by atoms with Gasteiger partial charge in [-0.3, -0.25) is 4.90 Å². The monoisotopic (exact) mass is 328 g/mol. The van der Waals surface area contributed by atoms with Crippen LogP contribution >= 0.6 is 0 Å². The normalized spacial score (nSPS) is 23.2. The van der Waals surface area contributed by atoms with Gasteiger partial charge in [-0.05, 0) is 33.6 Å². The van der Waals surface area contributed by atoms with Crippen LogP contribution < -0.4 is 0 Å². The zero-order valence-electron chi connectivity index (χ0n) is 14.0. The topological polar surface area (TPSA) is 96.4 Å². The van der Waals surface area contributed by atoms with E-state index in [1.54, 1.807) is 25.7 Å². The van der Waals surface area contributed by atoms with Gasteiger partial charge in [0.15, 0.2) is 0 Å². The highest BCUT2D eigenvalue weighted by molar-refractivity contribution is 5.83. The summed E-state index contributed by atoms with van der Waals surface area (Å²) >= 11 is 0. The lowest BCUT2D eigenvalue weighted by Crippen LogP contribution is -2.72. The Balaban J connectivity index is 2.04. The third-order valence-electron chi connectivity index (χ3n) is 4.43. The number of nitrogens with zero attached hydrogens (tertiary/aromatic N) is 2. The summed E-state index contributed by atoms with van der Waals surface area (Å²) in [7, 11) is 1.32. The Bertz CT molecular complexity index is 505. The SMILES string of the molecule is COC(=O)N1CCC2(CC1)CN(C(=O)OC(C)(C)C)C2C(=O)O. The number of carboxylic acids is 1. The molecule has 1 N–H and O–H groups in total. The molecule has 2 aliphatic rings. The van der Waals surface area contributed by atoms with Gasteiger partial charge in [-0.2, -0.15) is 0 Å². The maximum absolute atomic E-state index is 12.2. The second-order valence-corrected chi connectivity index (χ2v) is 7.17. The molecule has 2 heterocycles. The van der Waals surface area contributed by atoms with Gasteiger partial charge in [0.25, 0.3) is 0 Å². The summed E-state index contributed by atoms with van der Waals surface area (Å²) in [5, 5.41) is 9.53. The molecular formula is C15H24N2O6. The van der Waals surface area contributed by atoms with Crippen molar-refractivity contribution < 1.29 is 29.0 Å². The van der Waals surface area contributed by atoms with Crippen LogP contribution in [0.2, 0.25) is 0 Å². The van der Waals surface area contributed by atoms with E-state index in [0.29, 0.717) is 32.5 Å². The Morgan fingerprint density at radius 2 is 1.70 bits per heavy atom. The van der Waals surface area contributed by atoms with Gasteiger partial charge in [0.1, 0.15) is 11.6 Å². The lowest BCUT2D eigenvalue weighted by Gasteiger charge is -2.57. The van der Waals surface area contributed by atoms with Gasteiger partial charge in [0, 0.05) is 25.0 Å². The summed E-state index contributed by atoms with van der Waals surface area (Å²) in [5.41, 5.74) is -1.16. The predicted molar refractivity (Wildman–Crippen MR) is 80.0 cm³/mol. The Kier molecular flexibility index (Phi) is 4.45. The maximum Gasteiger partial charge on any atom is 0.411 e. The Labute approximate surface area is 135 Å². The molecule has 1 spiro atoms. The first-order valence-corrected chi connectivity index (χ1v) is 7.65. The van der Waals surface area contributed by atoms with Crippen LogP contribution in [0.25, 0.3) is 0 Å². The van der Waals surface area contributed by atoms with Crippen molar-refractivity contribution in [2.45, 2.75) is 45.3 Å². The molecule has 0 radical (unpaired) electrons. The van der Waals surface area contributed by atoms with E-state index in [1.807, 2.05) is 0 Å². The number of likely N-dealkylation sites (tertiary alicyclic amines) is 2. The number of amides is 2. The van der Waals surface area contributed by atoms with E-state index < -0.39 is 35.2 Å². The molecular weight excluding hydrogens is 304 g/mol. The van der Waals surface area contributed by atoms with Gasteiger partial charge in [-0.15, -0.1) is 0 Å². The molecule has 8 heteroatoms. The maximum atomic E-state index is 12.2. The van der Waals surface area contributed by atoms with Crippen LogP contribution in [-0.4, -0.2) is 71.4 Å². The molecule has 130 valence electrons. The number of methoxy groups -OCH3 is 1. The molecule has 2 amide bonds. The van der Waals surface area contributed by atoms with Crippen LogP contribution in [0, 0.1) is 5.41 Å². The summed E-state index contributed by atoms with van der Waals surface area (Å²) in [5.74, 6) is -1.03. The molecule has 8 nitrogen and oxygen atoms in total. The van der Waals surface area contributed by atoms with Crippen LogP contribution in [0.15, 0.2) is 0 Å². The Morgan fingerprint density at radius 1 is 1.13 bits per heavy atom. The zero-order valence-corrected chi connectivity index (χ0v) is 14.0. The van der Waals surface area contributed by atoms with Crippen molar-refractivity contribution >= 4 is 18.2 Å². The number of carboxylic acid groups (broad SMARTS) is 1. The van der Waals surface area contributed by atoms with E-state index in [0.717, 1.165) is 0 Å².